The number of thiazole rings is 1. The first kappa shape index (κ1) is 11.9. The van der Waals surface area contributed by atoms with Gasteiger partial charge in [0.2, 0.25) is 0 Å². The van der Waals surface area contributed by atoms with Gasteiger partial charge >= 0.3 is 0 Å². The van der Waals surface area contributed by atoms with Crippen LogP contribution in [0.2, 0.25) is 0 Å². The number of hydrogen-bond acceptors (Lipinski definition) is 4. The van der Waals surface area contributed by atoms with E-state index in [1.807, 2.05) is 6.20 Å². The zero-order chi connectivity index (χ0) is 12.5. The summed E-state index contributed by atoms with van der Waals surface area (Å²) in [6.07, 6.45) is 2.68. The first-order valence-corrected chi connectivity index (χ1v) is 7.24. The van der Waals surface area contributed by atoms with Gasteiger partial charge in [0.1, 0.15) is 9.63 Å². The quantitative estimate of drug-likeness (QED) is 0.826. The summed E-state index contributed by atoms with van der Waals surface area (Å²) in [4.78, 5) is 10.9. The van der Waals surface area contributed by atoms with Crippen molar-refractivity contribution in [3.63, 3.8) is 0 Å². The van der Waals surface area contributed by atoms with Gasteiger partial charge in [0.05, 0.1) is 4.88 Å². The summed E-state index contributed by atoms with van der Waals surface area (Å²) in [5, 5.41) is 4.92. The summed E-state index contributed by atoms with van der Waals surface area (Å²) >= 11 is 5.01. The molecule has 0 fully saturated rings. The van der Waals surface area contributed by atoms with Gasteiger partial charge in [-0.15, -0.1) is 11.3 Å². The topological polar surface area (TPSA) is 34.5 Å². The number of halogens is 1. The molecule has 3 rings (SSSR count). The monoisotopic (exact) mass is 322 g/mol. The minimum atomic E-state index is 0.0103. The van der Waals surface area contributed by atoms with Crippen LogP contribution in [0.25, 0.3) is 10.6 Å². The SMILES string of the molecule is Cc1ccc(-c2ncc([C@H]3CC(Br)=NO3)s2)cc1. The molecule has 0 bridgehead atoms. The van der Waals surface area contributed by atoms with Crippen molar-refractivity contribution in [3.05, 3.63) is 40.9 Å². The smallest absolute Gasteiger partial charge is 0.169 e. The number of hydrogen-bond donors (Lipinski definition) is 0. The normalized spacial score (nSPS) is 18.6. The van der Waals surface area contributed by atoms with Crippen LogP contribution in [-0.4, -0.2) is 9.60 Å². The maximum Gasteiger partial charge on any atom is 0.169 e. The highest BCUT2D eigenvalue weighted by Crippen LogP contribution is 2.35. The molecule has 0 saturated carbocycles. The van der Waals surface area contributed by atoms with E-state index < -0.39 is 0 Å². The van der Waals surface area contributed by atoms with Crippen molar-refractivity contribution < 1.29 is 4.84 Å². The Morgan fingerprint density at radius 2 is 2.11 bits per heavy atom. The molecule has 1 aliphatic rings. The van der Waals surface area contributed by atoms with Gasteiger partial charge in [-0.25, -0.2) is 4.98 Å². The Morgan fingerprint density at radius 3 is 2.78 bits per heavy atom. The predicted octanol–water partition coefficient (Wildman–Crippen LogP) is 4.29. The fourth-order valence-corrected chi connectivity index (χ4v) is 3.09. The summed E-state index contributed by atoms with van der Waals surface area (Å²) in [5.74, 6) is 0. The Labute approximate surface area is 118 Å². The van der Waals surface area contributed by atoms with Crippen molar-refractivity contribution in [2.75, 3.05) is 0 Å². The fraction of sp³-hybridized carbons (Fsp3) is 0.231. The second-order valence-corrected chi connectivity index (χ2v) is 6.18. The average molecular weight is 323 g/mol. The summed E-state index contributed by atoms with van der Waals surface area (Å²) in [6, 6.07) is 8.39. The van der Waals surface area contributed by atoms with E-state index in [9.17, 15) is 0 Å². The van der Waals surface area contributed by atoms with E-state index in [1.54, 1.807) is 11.3 Å². The fourth-order valence-electron chi connectivity index (χ4n) is 1.77. The van der Waals surface area contributed by atoms with Gasteiger partial charge in [-0.3, -0.25) is 0 Å². The Kier molecular flexibility index (Phi) is 3.18. The Morgan fingerprint density at radius 1 is 1.33 bits per heavy atom. The first-order chi connectivity index (χ1) is 8.72. The molecule has 1 atom stereocenters. The van der Waals surface area contributed by atoms with Crippen LogP contribution in [0, 0.1) is 6.92 Å². The lowest BCUT2D eigenvalue weighted by Crippen LogP contribution is -1.92. The molecule has 18 heavy (non-hydrogen) atoms. The van der Waals surface area contributed by atoms with Gasteiger partial charge in [-0.2, -0.15) is 0 Å². The van der Waals surface area contributed by atoms with Crippen LogP contribution in [0.15, 0.2) is 35.6 Å². The third-order valence-corrected chi connectivity index (χ3v) is 4.38. The molecule has 2 heterocycles. The van der Waals surface area contributed by atoms with Gasteiger partial charge in [-0.05, 0) is 22.9 Å². The van der Waals surface area contributed by atoms with Crippen LogP contribution < -0.4 is 0 Å². The molecule has 0 radical (unpaired) electrons. The Hall–Kier alpha value is -1.20. The molecule has 5 heteroatoms. The molecule has 1 aliphatic heterocycles. The van der Waals surface area contributed by atoms with Gasteiger partial charge in [0.25, 0.3) is 0 Å². The lowest BCUT2D eigenvalue weighted by molar-refractivity contribution is 0.0882. The molecular weight excluding hydrogens is 312 g/mol. The van der Waals surface area contributed by atoms with Crippen molar-refractivity contribution in [2.24, 2.45) is 5.16 Å². The maximum atomic E-state index is 5.33. The summed E-state index contributed by atoms with van der Waals surface area (Å²) in [7, 11) is 0. The van der Waals surface area contributed by atoms with Gasteiger partial charge in [0, 0.05) is 18.2 Å². The standard InChI is InChI=1S/C13H11BrN2OS/c1-8-2-4-9(5-3-8)13-15-7-11(18-13)10-6-12(14)16-17-10/h2-5,7,10H,6H2,1H3/t10-/m1/s1. The minimum absolute atomic E-state index is 0.0103. The van der Waals surface area contributed by atoms with Crippen molar-refractivity contribution in [2.45, 2.75) is 19.4 Å². The van der Waals surface area contributed by atoms with E-state index in [-0.39, 0.29) is 6.10 Å². The largest absolute Gasteiger partial charge is 0.386 e. The van der Waals surface area contributed by atoms with Crippen molar-refractivity contribution >= 4 is 31.9 Å². The summed E-state index contributed by atoms with van der Waals surface area (Å²) in [6.45, 7) is 2.08. The third kappa shape index (κ3) is 2.33. The molecule has 92 valence electrons. The molecule has 3 nitrogen and oxygen atoms in total. The van der Waals surface area contributed by atoms with E-state index in [2.05, 4.69) is 57.3 Å². The molecule has 0 saturated heterocycles. The van der Waals surface area contributed by atoms with Gasteiger partial charge < -0.3 is 4.84 Å². The molecule has 2 aromatic rings. The molecule has 1 aromatic carbocycles. The van der Waals surface area contributed by atoms with Crippen LogP contribution in [0.3, 0.4) is 0 Å². The summed E-state index contributed by atoms with van der Waals surface area (Å²) in [5.41, 5.74) is 2.40. The van der Waals surface area contributed by atoms with Gasteiger partial charge in [-0.1, -0.05) is 35.0 Å². The van der Waals surface area contributed by atoms with E-state index in [1.165, 1.54) is 5.56 Å². The van der Waals surface area contributed by atoms with E-state index in [0.717, 1.165) is 26.5 Å². The number of aryl methyl sites for hydroxylation is 1. The minimum Gasteiger partial charge on any atom is -0.386 e. The molecule has 1 aromatic heterocycles. The lowest BCUT2D eigenvalue weighted by atomic mass is 10.2. The van der Waals surface area contributed by atoms with E-state index in [0.29, 0.717) is 0 Å². The lowest BCUT2D eigenvalue weighted by Gasteiger charge is -2.02. The highest BCUT2D eigenvalue weighted by atomic mass is 79.9. The average Bonchev–Trinajstić information content (AvgIpc) is 2.98. The second kappa shape index (κ2) is 4.82. The molecule has 0 unspecified atom stereocenters. The predicted molar refractivity (Wildman–Crippen MR) is 77.1 cm³/mol. The number of nitrogens with zero attached hydrogens (tertiary/aromatic N) is 2. The zero-order valence-corrected chi connectivity index (χ0v) is 12.2. The number of benzene rings is 1. The molecule has 0 spiro atoms. The van der Waals surface area contributed by atoms with Crippen LogP contribution in [0.5, 0.6) is 0 Å². The highest BCUT2D eigenvalue weighted by Gasteiger charge is 2.23. The van der Waals surface area contributed by atoms with Crippen molar-refractivity contribution in [1.82, 2.24) is 4.98 Å². The van der Waals surface area contributed by atoms with Crippen molar-refractivity contribution in [1.29, 1.82) is 0 Å². The van der Waals surface area contributed by atoms with Crippen LogP contribution in [0.4, 0.5) is 0 Å². The zero-order valence-electron chi connectivity index (χ0n) is 9.76. The summed E-state index contributed by atoms with van der Waals surface area (Å²) < 4.78 is 0.859. The van der Waals surface area contributed by atoms with E-state index in [4.69, 9.17) is 4.84 Å². The van der Waals surface area contributed by atoms with Crippen LogP contribution in [-0.2, 0) is 4.84 Å². The molecule has 0 aliphatic carbocycles. The van der Waals surface area contributed by atoms with Crippen LogP contribution in [0.1, 0.15) is 23.0 Å². The Balaban J connectivity index is 1.83. The second-order valence-electron chi connectivity index (χ2n) is 4.20. The Bertz CT molecular complexity index is 591. The van der Waals surface area contributed by atoms with Crippen molar-refractivity contribution in [3.8, 4) is 10.6 Å². The third-order valence-electron chi connectivity index (χ3n) is 2.77. The molecule has 0 N–H and O–H groups in total. The molecule has 0 amide bonds. The highest BCUT2D eigenvalue weighted by molar-refractivity contribution is 9.18. The van der Waals surface area contributed by atoms with Gasteiger partial charge in [0.15, 0.2) is 6.10 Å². The maximum absolute atomic E-state index is 5.33. The number of rotatable bonds is 2. The number of oxime groups is 1. The number of aromatic nitrogens is 1. The first-order valence-electron chi connectivity index (χ1n) is 5.63. The van der Waals surface area contributed by atoms with Crippen LogP contribution >= 0.6 is 27.3 Å². The van der Waals surface area contributed by atoms with E-state index >= 15 is 0 Å². The molecular formula is C13H11BrN2OS.